The van der Waals surface area contributed by atoms with Gasteiger partial charge in [0.25, 0.3) is 5.91 Å². The van der Waals surface area contributed by atoms with Crippen LogP contribution in [0.5, 0.6) is 0 Å². The maximum atomic E-state index is 13.1. The zero-order chi connectivity index (χ0) is 16.4. The highest BCUT2D eigenvalue weighted by atomic mass is 16.2. The highest BCUT2D eigenvalue weighted by Gasteiger charge is 2.27. The van der Waals surface area contributed by atoms with Gasteiger partial charge in [-0.25, -0.2) is 0 Å². The second-order valence-electron chi connectivity index (χ2n) is 6.33. The SMILES string of the molecule is CCCCn1c(C(=O)N2CCC(=O)CC2)c(C)c2ccccc21. The van der Waals surface area contributed by atoms with E-state index in [-0.39, 0.29) is 11.7 Å². The number of likely N-dealkylation sites (tertiary alicyclic amines) is 1. The molecular weight excluding hydrogens is 288 g/mol. The first-order chi connectivity index (χ1) is 11.1. The van der Waals surface area contributed by atoms with Gasteiger partial charge in [0.2, 0.25) is 0 Å². The number of benzene rings is 1. The summed E-state index contributed by atoms with van der Waals surface area (Å²) in [5.74, 6) is 0.333. The second kappa shape index (κ2) is 6.57. The van der Waals surface area contributed by atoms with Crippen LogP contribution in [-0.4, -0.2) is 34.2 Å². The van der Waals surface area contributed by atoms with E-state index < -0.39 is 0 Å². The lowest BCUT2D eigenvalue weighted by Crippen LogP contribution is -2.39. The fourth-order valence-electron chi connectivity index (χ4n) is 3.41. The number of piperidine rings is 1. The first-order valence-electron chi connectivity index (χ1n) is 8.52. The number of unbranched alkanes of at least 4 members (excludes halogenated alkanes) is 1. The highest BCUT2D eigenvalue weighted by Crippen LogP contribution is 2.27. The lowest BCUT2D eigenvalue weighted by molar-refractivity contribution is -0.120. The molecule has 4 heteroatoms. The van der Waals surface area contributed by atoms with Gasteiger partial charge in [-0.05, 0) is 25.0 Å². The van der Waals surface area contributed by atoms with E-state index in [1.54, 1.807) is 0 Å². The van der Waals surface area contributed by atoms with E-state index in [1.807, 2.05) is 24.0 Å². The average molecular weight is 312 g/mol. The maximum Gasteiger partial charge on any atom is 0.270 e. The number of nitrogens with zero attached hydrogens (tertiary/aromatic N) is 2. The Bertz CT molecular complexity index is 735. The topological polar surface area (TPSA) is 42.3 Å². The number of rotatable bonds is 4. The third-order valence-electron chi connectivity index (χ3n) is 4.77. The number of hydrogen-bond acceptors (Lipinski definition) is 2. The van der Waals surface area contributed by atoms with Crippen molar-refractivity contribution in [1.29, 1.82) is 0 Å². The highest BCUT2D eigenvalue weighted by molar-refractivity contribution is 6.02. The lowest BCUT2D eigenvalue weighted by atomic mass is 10.1. The summed E-state index contributed by atoms with van der Waals surface area (Å²) in [5.41, 5.74) is 2.99. The number of carbonyl (C=O) groups is 2. The zero-order valence-electron chi connectivity index (χ0n) is 14.0. The Morgan fingerprint density at radius 3 is 2.57 bits per heavy atom. The molecule has 2 heterocycles. The Hall–Kier alpha value is -2.10. The number of para-hydroxylation sites is 1. The molecule has 0 radical (unpaired) electrons. The summed E-state index contributed by atoms with van der Waals surface area (Å²) < 4.78 is 2.17. The van der Waals surface area contributed by atoms with E-state index in [2.05, 4.69) is 23.6 Å². The predicted octanol–water partition coefficient (Wildman–Crippen LogP) is 3.55. The van der Waals surface area contributed by atoms with Crippen LogP contribution in [-0.2, 0) is 11.3 Å². The first kappa shape index (κ1) is 15.8. The van der Waals surface area contributed by atoms with Crippen LogP contribution in [0.15, 0.2) is 24.3 Å². The van der Waals surface area contributed by atoms with Gasteiger partial charge in [0.15, 0.2) is 0 Å². The number of fused-ring (bicyclic) bond motifs is 1. The van der Waals surface area contributed by atoms with Crippen molar-refractivity contribution in [3.8, 4) is 0 Å². The molecule has 1 aromatic heterocycles. The second-order valence-corrected chi connectivity index (χ2v) is 6.33. The number of carbonyl (C=O) groups excluding carboxylic acids is 2. The van der Waals surface area contributed by atoms with Crippen molar-refractivity contribution >= 4 is 22.6 Å². The Labute approximate surface area is 137 Å². The van der Waals surface area contributed by atoms with Gasteiger partial charge in [0, 0.05) is 43.4 Å². The molecule has 0 saturated carbocycles. The fraction of sp³-hybridized carbons (Fsp3) is 0.474. The van der Waals surface area contributed by atoms with Crippen molar-refractivity contribution in [3.63, 3.8) is 0 Å². The van der Waals surface area contributed by atoms with Crippen LogP contribution in [0.2, 0.25) is 0 Å². The van der Waals surface area contributed by atoms with E-state index >= 15 is 0 Å². The van der Waals surface area contributed by atoms with Gasteiger partial charge in [-0.15, -0.1) is 0 Å². The monoisotopic (exact) mass is 312 g/mol. The van der Waals surface area contributed by atoms with E-state index in [0.717, 1.165) is 41.5 Å². The minimum atomic E-state index is 0.0716. The minimum Gasteiger partial charge on any atom is -0.336 e. The molecule has 4 nitrogen and oxygen atoms in total. The van der Waals surface area contributed by atoms with Crippen molar-refractivity contribution < 1.29 is 9.59 Å². The number of hydrogen-bond donors (Lipinski definition) is 0. The quantitative estimate of drug-likeness (QED) is 0.866. The van der Waals surface area contributed by atoms with Crippen LogP contribution in [0.4, 0.5) is 0 Å². The van der Waals surface area contributed by atoms with Crippen molar-refractivity contribution in [3.05, 3.63) is 35.5 Å². The van der Waals surface area contributed by atoms with Crippen LogP contribution in [0.1, 0.15) is 48.7 Å². The summed E-state index contributed by atoms with van der Waals surface area (Å²) in [7, 11) is 0. The molecule has 3 rings (SSSR count). The molecule has 1 aliphatic heterocycles. The summed E-state index contributed by atoms with van der Waals surface area (Å²) >= 11 is 0. The minimum absolute atomic E-state index is 0.0716. The van der Waals surface area contributed by atoms with E-state index in [4.69, 9.17) is 0 Å². The average Bonchev–Trinajstić information content (AvgIpc) is 2.85. The van der Waals surface area contributed by atoms with Crippen LogP contribution in [0, 0.1) is 6.92 Å². The molecule has 0 bridgehead atoms. The van der Waals surface area contributed by atoms with E-state index in [0.29, 0.717) is 25.9 Å². The lowest BCUT2D eigenvalue weighted by Gasteiger charge is -2.27. The Kier molecular flexibility index (Phi) is 4.51. The van der Waals surface area contributed by atoms with Crippen molar-refractivity contribution in [2.75, 3.05) is 13.1 Å². The van der Waals surface area contributed by atoms with Crippen molar-refractivity contribution in [2.24, 2.45) is 0 Å². The van der Waals surface area contributed by atoms with Gasteiger partial charge in [-0.1, -0.05) is 31.5 Å². The van der Waals surface area contributed by atoms with E-state index in [1.165, 1.54) is 0 Å². The number of ketones is 1. The van der Waals surface area contributed by atoms with Gasteiger partial charge >= 0.3 is 0 Å². The number of aromatic nitrogens is 1. The molecule has 122 valence electrons. The van der Waals surface area contributed by atoms with Crippen LogP contribution in [0.3, 0.4) is 0 Å². The Morgan fingerprint density at radius 2 is 1.87 bits per heavy atom. The van der Waals surface area contributed by atoms with Crippen LogP contribution >= 0.6 is 0 Å². The molecule has 1 fully saturated rings. The van der Waals surface area contributed by atoms with Crippen molar-refractivity contribution in [1.82, 2.24) is 9.47 Å². The molecule has 0 aliphatic carbocycles. The maximum absolute atomic E-state index is 13.1. The normalized spacial score (nSPS) is 15.4. The number of amides is 1. The molecule has 0 spiro atoms. The molecule has 1 aromatic carbocycles. The molecule has 2 aromatic rings. The summed E-state index contributed by atoms with van der Waals surface area (Å²) in [6.45, 7) is 6.15. The molecule has 23 heavy (non-hydrogen) atoms. The Balaban J connectivity index is 2.02. The number of Topliss-reactive ketones (excluding diaryl/α,β-unsaturated/α-hetero) is 1. The van der Waals surface area contributed by atoms with Gasteiger partial charge < -0.3 is 9.47 Å². The molecule has 1 aliphatic rings. The van der Waals surface area contributed by atoms with Crippen LogP contribution < -0.4 is 0 Å². The molecular formula is C19H24N2O2. The third-order valence-corrected chi connectivity index (χ3v) is 4.77. The smallest absolute Gasteiger partial charge is 0.270 e. The first-order valence-corrected chi connectivity index (χ1v) is 8.52. The van der Waals surface area contributed by atoms with Gasteiger partial charge in [0.1, 0.15) is 11.5 Å². The molecule has 0 N–H and O–H groups in total. The largest absolute Gasteiger partial charge is 0.336 e. The molecule has 0 unspecified atom stereocenters. The summed E-state index contributed by atoms with van der Waals surface area (Å²) in [6, 6.07) is 8.23. The van der Waals surface area contributed by atoms with Gasteiger partial charge in [0.05, 0.1) is 0 Å². The van der Waals surface area contributed by atoms with Gasteiger partial charge in [-0.3, -0.25) is 9.59 Å². The van der Waals surface area contributed by atoms with Gasteiger partial charge in [-0.2, -0.15) is 0 Å². The Morgan fingerprint density at radius 1 is 1.17 bits per heavy atom. The predicted molar refractivity (Wildman–Crippen MR) is 91.7 cm³/mol. The molecule has 1 saturated heterocycles. The van der Waals surface area contributed by atoms with E-state index in [9.17, 15) is 9.59 Å². The summed E-state index contributed by atoms with van der Waals surface area (Å²) in [5, 5.41) is 1.15. The van der Waals surface area contributed by atoms with Crippen molar-refractivity contribution in [2.45, 2.75) is 46.1 Å². The standard InChI is InChI=1S/C19H24N2O2/c1-3-4-11-21-17-8-6-5-7-16(17)14(2)18(21)19(23)20-12-9-15(22)10-13-20/h5-8H,3-4,9-13H2,1-2H3. The fourth-order valence-corrected chi connectivity index (χ4v) is 3.41. The zero-order valence-corrected chi connectivity index (χ0v) is 14.0. The molecule has 0 atom stereocenters. The molecule has 1 amide bonds. The number of aryl methyl sites for hydroxylation is 2. The summed E-state index contributed by atoms with van der Waals surface area (Å²) in [6.07, 6.45) is 3.12. The summed E-state index contributed by atoms with van der Waals surface area (Å²) in [4.78, 5) is 26.4. The van der Waals surface area contributed by atoms with Crippen LogP contribution in [0.25, 0.3) is 10.9 Å². The third kappa shape index (κ3) is 2.90.